The topological polar surface area (TPSA) is 55.1 Å². The van der Waals surface area contributed by atoms with Gasteiger partial charge in [0.2, 0.25) is 6.41 Å². The average Bonchev–Trinajstić information content (AvgIpc) is 2.07. The molecule has 0 spiro atoms. The molecular weight excluding hydrogens is 140 g/mol. The van der Waals surface area contributed by atoms with E-state index in [-0.39, 0.29) is 0 Å². The quantitative estimate of drug-likeness (QED) is 0.575. The minimum absolute atomic E-state index is 0.412. The Hall–Kier alpha value is -0.570. The lowest BCUT2D eigenvalue weighted by molar-refractivity contribution is -0.110. The maximum Gasteiger partial charge on any atom is 0.207 e. The van der Waals surface area contributed by atoms with E-state index in [1.54, 1.807) is 0 Å². The fourth-order valence-electron chi connectivity index (χ4n) is 1.66. The highest BCUT2D eigenvalue weighted by atomic mass is 16.1. The molecule has 0 aromatic carbocycles. The van der Waals surface area contributed by atoms with Gasteiger partial charge in [-0.1, -0.05) is 0 Å². The Bertz CT molecular complexity index is 119. The summed E-state index contributed by atoms with van der Waals surface area (Å²) in [6.07, 6.45) is 5.33. The number of nitrogens with one attached hydrogen (secondary N) is 1. The Morgan fingerprint density at radius 1 is 1.36 bits per heavy atom. The SMILES string of the molecule is NCC1CCC(NC=O)CC1. The first kappa shape index (κ1) is 8.53. The summed E-state index contributed by atoms with van der Waals surface area (Å²) in [5, 5.41) is 2.81. The molecule has 1 fully saturated rings. The molecule has 3 N–H and O–H groups in total. The van der Waals surface area contributed by atoms with Gasteiger partial charge in [-0.3, -0.25) is 4.79 Å². The Morgan fingerprint density at radius 3 is 2.45 bits per heavy atom. The second-order valence-corrected chi connectivity index (χ2v) is 3.24. The zero-order valence-corrected chi connectivity index (χ0v) is 6.75. The summed E-state index contributed by atoms with van der Waals surface area (Å²) in [5.74, 6) is 0.694. The Morgan fingerprint density at radius 2 is 2.00 bits per heavy atom. The van der Waals surface area contributed by atoms with E-state index in [0.29, 0.717) is 12.0 Å². The van der Waals surface area contributed by atoms with Crippen molar-refractivity contribution in [2.24, 2.45) is 11.7 Å². The molecule has 0 saturated heterocycles. The van der Waals surface area contributed by atoms with Crippen LogP contribution in [0, 0.1) is 5.92 Å². The molecule has 0 aliphatic heterocycles. The van der Waals surface area contributed by atoms with Gasteiger partial charge < -0.3 is 11.1 Å². The van der Waals surface area contributed by atoms with Gasteiger partial charge in [-0.15, -0.1) is 0 Å². The number of nitrogens with two attached hydrogens (primary N) is 1. The molecule has 0 radical (unpaired) electrons. The van der Waals surface area contributed by atoms with E-state index in [1.165, 1.54) is 12.8 Å². The highest BCUT2D eigenvalue weighted by Gasteiger charge is 2.18. The number of carbonyl (C=O) groups is 1. The summed E-state index contributed by atoms with van der Waals surface area (Å²) in [5.41, 5.74) is 5.53. The summed E-state index contributed by atoms with van der Waals surface area (Å²) in [6, 6.07) is 0.412. The lowest BCUT2D eigenvalue weighted by Gasteiger charge is -2.26. The summed E-state index contributed by atoms with van der Waals surface area (Å²) < 4.78 is 0. The third-order valence-corrected chi connectivity index (χ3v) is 2.48. The van der Waals surface area contributed by atoms with Crippen molar-refractivity contribution < 1.29 is 4.79 Å². The fourth-order valence-corrected chi connectivity index (χ4v) is 1.66. The first-order valence-electron chi connectivity index (χ1n) is 4.26. The third kappa shape index (κ3) is 2.50. The van der Waals surface area contributed by atoms with Crippen LogP contribution < -0.4 is 11.1 Å². The van der Waals surface area contributed by atoms with E-state index in [9.17, 15) is 4.79 Å². The van der Waals surface area contributed by atoms with E-state index < -0.39 is 0 Å². The lowest BCUT2D eigenvalue weighted by Crippen LogP contribution is -2.33. The first-order chi connectivity index (χ1) is 5.36. The predicted octanol–water partition coefficient (Wildman–Crippen LogP) is 0.250. The minimum atomic E-state index is 0.412. The monoisotopic (exact) mass is 156 g/mol. The zero-order valence-electron chi connectivity index (χ0n) is 6.75. The smallest absolute Gasteiger partial charge is 0.207 e. The van der Waals surface area contributed by atoms with Gasteiger partial charge in [0.1, 0.15) is 0 Å². The van der Waals surface area contributed by atoms with Gasteiger partial charge in [-0.05, 0) is 38.1 Å². The van der Waals surface area contributed by atoms with Crippen molar-refractivity contribution >= 4 is 6.41 Å². The highest BCUT2D eigenvalue weighted by Crippen LogP contribution is 2.22. The summed E-state index contributed by atoms with van der Waals surface area (Å²) >= 11 is 0. The molecule has 3 heteroatoms. The second-order valence-electron chi connectivity index (χ2n) is 3.24. The molecule has 11 heavy (non-hydrogen) atoms. The molecule has 0 bridgehead atoms. The van der Waals surface area contributed by atoms with Crippen LogP contribution >= 0.6 is 0 Å². The van der Waals surface area contributed by atoms with Crippen molar-refractivity contribution in [3.05, 3.63) is 0 Å². The van der Waals surface area contributed by atoms with Gasteiger partial charge >= 0.3 is 0 Å². The summed E-state index contributed by atoms with van der Waals surface area (Å²) in [7, 11) is 0. The van der Waals surface area contributed by atoms with Gasteiger partial charge in [0, 0.05) is 6.04 Å². The molecule has 0 atom stereocenters. The summed E-state index contributed by atoms with van der Waals surface area (Å²) in [6.45, 7) is 0.799. The number of amides is 1. The van der Waals surface area contributed by atoms with Crippen LogP contribution in [-0.4, -0.2) is 19.0 Å². The van der Waals surface area contributed by atoms with E-state index in [2.05, 4.69) is 5.32 Å². The Kier molecular flexibility index (Phi) is 3.36. The van der Waals surface area contributed by atoms with Crippen molar-refractivity contribution in [2.75, 3.05) is 6.54 Å². The molecular formula is C8H16N2O. The fraction of sp³-hybridized carbons (Fsp3) is 0.875. The van der Waals surface area contributed by atoms with Crippen LogP contribution in [0.4, 0.5) is 0 Å². The molecule has 0 unspecified atom stereocenters. The van der Waals surface area contributed by atoms with Gasteiger partial charge in [-0.2, -0.15) is 0 Å². The predicted molar refractivity (Wildman–Crippen MR) is 44.0 cm³/mol. The van der Waals surface area contributed by atoms with Crippen LogP contribution in [0.25, 0.3) is 0 Å². The van der Waals surface area contributed by atoms with Crippen LogP contribution in [0.1, 0.15) is 25.7 Å². The number of hydrogen-bond donors (Lipinski definition) is 2. The van der Waals surface area contributed by atoms with Gasteiger partial charge in [0.05, 0.1) is 0 Å². The maximum absolute atomic E-state index is 10.1. The van der Waals surface area contributed by atoms with Crippen molar-refractivity contribution in [1.82, 2.24) is 5.32 Å². The molecule has 0 aromatic heterocycles. The Balaban J connectivity index is 2.18. The van der Waals surface area contributed by atoms with Gasteiger partial charge in [-0.25, -0.2) is 0 Å². The molecule has 1 aliphatic rings. The van der Waals surface area contributed by atoms with E-state index in [1.807, 2.05) is 0 Å². The molecule has 0 heterocycles. The van der Waals surface area contributed by atoms with Crippen LogP contribution in [0.2, 0.25) is 0 Å². The van der Waals surface area contributed by atoms with Crippen LogP contribution in [0.5, 0.6) is 0 Å². The molecule has 3 nitrogen and oxygen atoms in total. The van der Waals surface area contributed by atoms with Crippen molar-refractivity contribution in [2.45, 2.75) is 31.7 Å². The van der Waals surface area contributed by atoms with Crippen molar-refractivity contribution in [3.8, 4) is 0 Å². The third-order valence-electron chi connectivity index (χ3n) is 2.48. The molecule has 0 aromatic rings. The van der Waals surface area contributed by atoms with Crippen LogP contribution in [-0.2, 0) is 4.79 Å². The van der Waals surface area contributed by atoms with Crippen LogP contribution in [0.15, 0.2) is 0 Å². The zero-order chi connectivity index (χ0) is 8.10. The highest BCUT2D eigenvalue weighted by molar-refractivity contribution is 5.46. The lowest BCUT2D eigenvalue weighted by atomic mass is 9.86. The van der Waals surface area contributed by atoms with E-state index >= 15 is 0 Å². The normalized spacial score (nSPS) is 31.4. The van der Waals surface area contributed by atoms with E-state index in [4.69, 9.17) is 5.73 Å². The molecule has 64 valence electrons. The number of rotatable bonds is 3. The first-order valence-corrected chi connectivity index (χ1v) is 4.26. The molecule has 1 saturated carbocycles. The van der Waals surface area contributed by atoms with Gasteiger partial charge in [0.25, 0.3) is 0 Å². The molecule has 1 aliphatic carbocycles. The van der Waals surface area contributed by atoms with E-state index in [0.717, 1.165) is 25.8 Å². The second kappa shape index (κ2) is 4.34. The molecule has 1 amide bonds. The summed E-state index contributed by atoms with van der Waals surface area (Å²) in [4.78, 5) is 10.1. The average molecular weight is 156 g/mol. The Labute approximate surface area is 67.3 Å². The maximum atomic E-state index is 10.1. The minimum Gasteiger partial charge on any atom is -0.356 e. The van der Waals surface area contributed by atoms with Crippen LogP contribution in [0.3, 0.4) is 0 Å². The molecule has 1 rings (SSSR count). The largest absolute Gasteiger partial charge is 0.356 e. The number of carbonyl (C=O) groups excluding carboxylic acids is 1. The number of hydrogen-bond acceptors (Lipinski definition) is 2. The van der Waals surface area contributed by atoms with Crippen molar-refractivity contribution in [3.63, 3.8) is 0 Å². The standard InChI is InChI=1S/C8H16N2O/c9-5-7-1-3-8(4-2-7)10-6-11/h6-8H,1-5,9H2,(H,10,11). The van der Waals surface area contributed by atoms with Gasteiger partial charge in [0.15, 0.2) is 0 Å². The van der Waals surface area contributed by atoms with Crippen molar-refractivity contribution in [1.29, 1.82) is 0 Å².